The molecule has 7 heteroatoms. The Hall–Kier alpha value is -2.31. The molecule has 0 unspecified atom stereocenters. The van der Waals surface area contributed by atoms with Crippen molar-refractivity contribution in [3.63, 3.8) is 0 Å². The van der Waals surface area contributed by atoms with Gasteiger partial charge in [-0.15, -0.1) is 11.8 Å². The molecule has 3 rings (SSSR count). The van der Waals surface area contributed by atoms with Crippen LogP contribution in [0.3, 0.4) is 0 Å². The van der Waals surface area contributed by atoms with Gasteiger partial charge in [-0.05, 0) is 30.0 Å². The van der Waals surface area contributed by atoms with Gasteiger partial charge in [-0.1, -0.05) is 36.7 Å². The summed E-state index contributed by atoms with van der Waals surface area (Å²) >= 11 is 7.11. The Labute approximate surface area is 159 Å². The predicted molar refractivity (Wildman–Crippen MR) is 102 cm³/mol. The summed E-state index contributed by atoms with van der Waals surface area (Å²) in [4.78, 5) is 27.4. The first-order chi connectivity index (χ1) is 12.5. The number of imide groups is 1. The van der Waals surface area contributed by atoms with Crippen molar-refractivity contribution in [2.75, 3.05) is 17.8 Å². The van der Waals surface area contributed by atoms with Crippen LogP contribution in [0.4, 0.5) is 10.1 Å². The van der Waals surface area contributed by atoms with Crippen molar-refractivity contribution in [2.45, 2.75) is 6.92 Å². The molecule has 2 aromatic carbocycles. The number of methoxy groups -OCH3 is 1. The highest BCUT2D eigenvalue weighted by Gasteiger charge is 2.41. The third-order valence-corrected chi connectivity index (χ3v) is 5.11. The fourth-order valence-electron chi connectivity index (χ4n) is 2.74. The van der Waals surface area contributed by atoms with E-state index in [9.17, 15) is 14.0 Å². The van der Waals surface area contributed by atoms with E-state index in [0.717, 1.165) is 11.0 Å². The molecule has 0 radical (unpaired) electrons. The lowest BCUT2D eigenvalue weighted by atomic mass is 10.0. The van der Waals surface area contributed by atoms with Crippen LogP contribution in [0.15, 0.2) is 47.4 Å². The topological polar surface area (TPSA) is 46.6 Å². The number of amides is 2. The van der Waals surface area contributed by atoms with Gasteiger partial charge in [0.15, 0.2) is 0 Å². The third-order valence-electron chi connectivity index (χ3n) is 3.87. The van der Waals surface area contributed by atoms with Crippen molar-refractivity contribution in [3.05, 3.63) is 63.8 Å². The second-order valence-corrected chi connectivity index (χ2v) is 7.06. The zero-order chi connectivity index (χ0) is 18.8. The Kier molecular flexibility index (Phi) is 5.34. The van der Waals surface area contributed by atoms with Crippen molar-refractivity contribution >= 4 is 46.4 Å². The minimum Gasteiger partial charge on any atom is -0.496 e. The van der Waals surface area contributed by atoms with Crippen LogP contribution < -0.4 is 9.64 Å². The second-order valence-electron chi connectivity index (χ2n) is 5.38. The van der Waals surface area contributed by atoms with Crippen molar-refractivity contribution in [1.82, 2.24) is 0 Å². The molecule has 0 spiro atoms. The van der Waals surface area contributed by atoms with Crippen LogP contribution >= 0.6 is 23.4 Å². The van der Waals surface area contributed by atoms with Crippen molar-refractivity contribution in [3.8, 4) is 5.75 Å². The van der Waals surface area contributed by atoms with Crippen LogP contribution in [0.5, 0.6) is 5.75 Å². The van der Waals surface area contributed by atoms with Gasteiger partial charge < -0.3 is 4.74 Å². The minimum atomic E-state index is -0.615. The molecular weight excluding hydrogens is 377 g/mol. The first-order valence-corrected chi connectivity index (χ1v) is 9.20. The highest BCUT2D eigenvalue weighted by atomic mass is 35.5. The Morgan fingerprint density at radius 2 is 1.88 bits per heavy atom. The number of hydrogen-bond donors (Lipinski definition) is 0. The Morgan fingerprint density at radius 3 is 2.54 bits per heavy atom. The number of halogens is 2. The molecule has 2 aromatic rings. The Morgan fingerprint density at radius 1 is 1.15 bits per heavy atom. The largest absolute Gasteiger partial charge is 0.496 e. The fourth-order valence-corrected chi connectivity index (χ4v) is 3.76. The average Bonchev–Trinajstić information content (AvgIpc) is 2.88. The molecule has 0 aromatic heterocycles. The van der Waals surface area contributed by atoms with Crippen molar-refractivity contribution in [1.29, 1.82) is 0 Å². The molecule has 0 atom stereocenters. The standard InChI is InChI=1S/C19H15ClFNO3S/c1-3-26-17-16(12-6-4-5-7-15(12)25-2)18(23)22(19(17)24)11-8-9-14(21)13(20)10-11/h4-10H,3H2,1-2H3. The van der Waals surface area contributed by atoms with Gasteiger partial charge in [0.1, 0.15) is 11.6 Å². The predicted octanol–water partition coefficient (Wildman–Crippen LogP) is 4.53. The van der Waals surface area contributed by atoms with Crippen LogP contribution in [-0.4, -0.2) is 24.7 Å². The zero-order valence-corrected chi connectivity index (χ0v) is 15.7. The van der Waals surface area contributed by atoms with Crippen molar-refractivity contribution in [2.24, 2.45) is 0 Å². The summed E-state index contributed by atoms with van der Waals surface area (Å²) < 4.78 is 18.8. The highest BCUT2D eigenvalue weighted by Crippen LogP contribution is 2.41. The Bertz CT molecular complexity index is 929. The number of hydrogen-bond acceptors (Lipinski definition) is 4. The quantitative estimate of drug-likeness (QED) is 0.703. The molecule has 4 nitrogen and oxygen atoms in total. The molecule has 26 heavy (non-hydrogen) atoms. The highest BCUT2D eigenvalue weighted by molar-refractivity contribution is 8.04. The lowest BCUT2D eigenvalue weighted by Crippen LogP contribution is -2.31. The monoisotopic (exact) mass is 391 g/mol. The van der Waals surface area contributed by atoms with Gasteiger partial charge >= 0.3 is 0 Å². The summed E-state index contributed by atoms with van der Waals surface area (Å²) in [6, 6.07) is 10.8. The van der Waals surface area contributed by atoms with Gasteiger partial charge in [0.05, 0.1) is 28.3 Å². The van der Waals surface area contributed by atoms with Gasteiger partial charge in [0, 0.05) is 5.56 Å². The van der Waals surface area contributed by atoms with E-state index in [2.05, 4.69) is 0 Å². The molecule has 1 heterocycles. The number of rotatable bonds is 5. The molecule has 1 aliphatic rings. The summed E-state index contributed by atoms with van der Waals surface area (Å²) in [5, 5.41) is -0.154. The molecule has 2 amide bonds. The molecule has 0 aliphatic carbocycles. The maximum Gasteiger partial charge on any atom is 0.272 e. The van der Waals surface area contributed by atoms with Crippen molar-refractivity contribution < 1.29 is 18.7 Å². The zero-order valence-electron chi connectivity index (χ0n) is 14.1. The minimum absolute atomic E-state index is 0.154. The van der Waals surface area contributed by atoms with Gasteiger partial charge in [0.2, 0.25) is 0 Å². The van der Waals surface area contributed by atoms with E-state index in [-0.39, 0.29) is 16.3 Å². The lowest BCUT2D eigenvalue weighted by Gasteiger charge is -2.16. The lowest BCUT2D eigenvalue weighted by molar-refractivity contribution is -0.119. The van der Waals surface area contributed by atoms with Gasteiger partial charge in [-0.25, -0.2) is 9.29 Å². The number of ether oxygens (including phenoxy) is 1. The van der Waals surface area contributed by atoms with Gasteiger partial charge in [0.25, 0.3) is 11.8 Å². The van der Waals surface area contributed by atoms with Crippen LogP contribution in [-0.2, 0) is 9.59 Å². The number of nitrogens with zero attached hydrogens (tertiary/aromatic N) is 1. The number of carbonyl (C=O) groups excluding carboxylic acids is 2. The number of benzene rings is 2. The number of anilines is 1. The van der Waals surface area contributed by atoms with Crippen LogP contribution in [0.25, 0.3) is 5.57 Å². The fraction of sp³-hybridized carbons (Fsp3) is 0.158. The first-order valence-electron chi connectivity index (χ1n) is 7.83. The maximum atomic E-state index is 13.5. The molecule has 0 saturated carbocycles. The Balaban J connectivity index is 2.14. The summed E-state index contributed by atoms with van der Waals surface area (Å²) in [5.74, 6) is -0.443. The van der Waals surface area contributed by atoms with Crippen LogP contribution in [0.2, 0.25) is 5.02 Å². The van der Waals surface area contributed by atoms with Gasteiger partial charge in [-0.3, -0.25) is 9.59 Å². The van der Waals surface area contributed by atoms with E-state index in [4.69, 9.17) is 16.3 Å². The molecule has 0 N–H and O–H groups in total. The van der Waals surface area contributed by atoms with Gasteiger partial charge in [-0.2, -0.15) is 0 Å². The SMILES string of the molecule is CCSC1=C(c2ccccc2OC)C(=O)N(c2ccc(F)c(Cl)c2)C1=O. The van der Waals surface area contributed by atoms with E-state index in [1.807, 2.05) is 6.92 Å². The summed E-state index contributed by atoms with van der Waals surface area (Å²) in [6.07, 6.45) is 0. The van der Waals surface area contributed by atoms with Crippen LogP contribution in [0.1, 0.15) is 12.5 Å². The van der Waals surface area contributed by atoms with E-state index in [1.54, 1.807) is 24.3 Å². The molecule has 1 aliphatic heterocycles. The number of para-hydroxylation sites is 1. The summed E-state index contributed by atoms with van der Waals surface area (Å²) in [7, 11) is 1.50. The third kappa shape index (κ3) is 3.10. The first kappa shape index (κ1) is 18.5. The molecule has 0 fully saturated rings. The summed E-state index contributed by atoms with van der Waals surface area (Å²) in [6.45, 7) is 1.90. The number of carbonyl (C=O) groups is 2. The van der Waals surface area contributed by atoms with E-state index >= 15 is 0 Å². The number of thioether (sulfide) groups is 1. The second kappa shape index (κ2) is 7.51. The molecule has 134 valence electrons. The molecule has 0 saturated heterocycles. The van der Waals surface area contributed by atoms with E-state index < -0.39 is 17.6 Å². The normalized spacial score (nSPS) is 14.4. The average molecular weight is 392 g/mol. The molecule has 0 bridgehead atoms. The molecular formula is C19H15ClFNO3S. The summed E-state index contributed by atoms with van der Waals surface area (Å²) in [5.41, 5.74) is 1.05. The maximum absolute atomic E-state index is 13.5. The van der Waals surface area contributed by atoms with E-state index in [1.165, 1.54) is 31.0 Å². The smallest absolute Gasteiger partial charge is 0.272 e. The van der Waals surface area contributed by atoms with Crippen LogP contribution in [0, 0.1) is 5.82 Å². The van der Waals surface area contributed by atoms with E-state index in [0.29, 0.717) is 22.0 Å².